The summed E-state index contributed by atoms with van der Waals surface area (Å²) in [5, 5.41) is 0. The Morgan fingerprint density at radius 3 is 2.36 bits per heavy atom. The van der Waals surface area contributed by atoms with Crippen LogP contribution in [0.2, 0.25) is 0 Å². The summed E-state index contributed by atoms with van der Waals surface area (Å²) >= 11 is 5.51. The summed E-state index contributed by atoms with van der Waals surface area (Å²) in [6.45, 7) is 3.72. The Labute approximate surface area is 89.1 Å². The van der Waals surface area contributed by atoms with Crippen LogP contribution in [0.3, 0.4) is 0 Å². The standard InChI is InChI=1S/C12H12ClF/c1-9-7-11(14)8-10(2)12(9)5-3-4-6-13/h7-8H,4,6H2,1-2H3. The second-order valence-electron chi connectivity index (χ2n) is 3.16. The normalized spacial score (nSPS) is 9.43. The Bertz CT molecular complexity index is 362. The van der Waals surface area contributed by atoms with Gasteiger partial charge in [0.15, 0.2) is 0 Å². The van der Waals surface area contributed by atoms with Gasteiger partial charge in [0.25, 0.3) is 0 Å². The fraction of sp³-hybridized carbons (Fsp3) is 0.333. The summed E-state index contributed by atoms with van der Waals surface area (Å²) in [5.41, 5.74) is 2.67. The first-order valence-corrected chi connectivity index (χ1v) is 5.00. The van der Waals surface area contributed by atoms with Crippen LogP contribution >= 0.6 is 11.6 Å². The first kappa shape index (κ1) is 11.1. The van der Waals surface area contributed by atoms with Crippen molar-refractivity contribution in [2.75, 3.05) is 5.88 Å². The molecule has 0 N–H and O–H groups in total. The van der Waals surface area contributed by atoms with E-state index in [0.29, 0.717) is 12.3 Å². The van der Waals surface area contributed by atoms with E-state index in [-0.39, 0.29) is 5.82 Å². The molecule has 0 unspecified atom stereocenters. The van der Waals surface area contributed by atoms with Gasteiger partial charge >= 0.3 is 0 Å². The van der Waals surface area contributed by atoms with Gasteiger partial charge in [-0.1, -0.05) is 11.8 Å². The third-order valence-corrected chi connectivity index (χ3v) is 2.12. The van der Waals surface area contributed by atoms with Crippen LogP contribution in [0.5, 0.6) is 0 Å². The van der Waals surface area contributed by atoms with Crippen molar-refractivity contribution in [3.05, 3.63) is 34.6 Å². The molecule has 14 heavy (non-hydrogen) atoms. The summed E-state index contributed by atoms with van der Waals surface area (Å²) in [4.78, 5) is 0. The second-order valence-corrected chi connectivity index (χ2v) is 3.53. The molecule has 0 saturated heterocycles. The molecule has 0 aliphatic heterocycles. The molecule has 0 aliphatic carbocycles. The number of hydrogen-bond acceptors (Lipinski definition) is 0. The minimum absolute atomic E-state index is 0.206. The minimum atomic E-state index is -0.206. The topological polar surface area (TPSA) is 0 Å². The molecule has 1 rings (SSSR count). The van der Waals surface area contributed by atoms with Gasteiger partial charge < -0.3 is 0 Å². The van der Waals surface area contributed by atoms with E-state index < -0.39 is 0 Å². The van der Waals surface area contributed by atoms with Crippen LogP contribution in [-0.2, 0) is 0 Å². The van der Waals surface area contributed by atoms with Crippen molar-refractivity contribution in [2.45, 2.75) is 20.3 Å². The molecule has 0 heterocycles. The summed E-state index contributed by atoms with van der Waals surface area (Å²) in [6.07, 6.45) is 0.664. The van der Waals surface area contributed by atoms with Gasteiger partial charge in [0, 0.05) is 17.9 Å². The van der Waals surface area contributed by atoms with Gasteiger partial charge in [0.05, 0.1) is 0 Å². The minimum Gasteiger partial charge on any atom is -0.207 e. The molecule has 0 spiro atoms. The highest BCUT2D eigenvalue weighted by Gasteiger charge is 2.01. The lowest BCUT2D eigenvalue weighted by Gasteiger charge is -2.02. The predicted octanol–water partition coefficient (Wildman–Crippen LogP) is 3.42. The summed E-state index contributed by atoms with van der Waals surface area (Å²) in [7, 11) is 0. The largest absolute Gasteiger partial charge is 0.207 e. The molecule has 0 nitrogen and oxygen atoms in total. The lowest BCUT2D eigenvalue weighted by molar-refractivity contribution is 0.625. The first-order chi connectivity index (χ1) is 6.65. The number of halogens is 2. The van der Waals surface area contributed by atoms with E-state index in [9.17, 15) is 4.39 Å². The third kappa shape index (κ3) is 2.75. The molecule has 1 aromatic carbocycles. The molecule has 0 radical (unpaired) electrons. The van der Waals surface area contributed by atoms with E-state index in [0.717, 1.165) is 16.7 Å². The molecule has 1 aromatic rings. The van der Waals surface area contributed by atoms with Gasteiger partial charge in [-0.15, -0.1) is 11.6 Å². The quantitative estimate of drug-likeness (QED) is 0.492. The van der Waals surface area contributed by atoms with Crippen molar-refractivity contribution in [1.82, 2.24) is 0 Å². The zero-order valence-corrected chi connectivity index (χ0v) is 9.08. The SMILES string of the molecule is Cc1cc(F)cc(C)c1C#CCCCl. The van der Waals surface area contributed by atoms with Crippen molar-refractivity contribution in [3.63, 3.8) is 0 Å². The van der Waals surface area contributed by atoms with Crippen molar-refractivity contribution in [2.24, 2.45) is 0 Å². The van der Waals surface area contributed by atoms with E-state index in [1.54, 1.807) is 0 Å². The zero-order valence-electron chi connectivity index (χ0n) is 8.32. The smallest absolute Gasteiger partial charge is 0.123 e. The zero-order chi connectivity index (χ0) is 10.6. The van der Waals surface area contributed by atoms with E-state index >= 15 is 0 Å². The number of hydrogen-bond donors (Lipinski definition) is 0. The Balaban J connectivity index is 3.04. The number of aryl methyl sites for hydroxylation is 2. The van der Waals surface area contributed by atoms with Crippen LogP contribution in [0.25, 0.3) is 0 Å². The van der Waals surface area contributed by atoms with E-state index in [1.807, 2.05) is 13.8 Å². The first-order valence-electron chi connectivity index (χ1n) is 4.46. The Morgan fingerprint density at radius 2 is 1.86 bits per heavy atom. The molecule has 0 amide bonds. The molecule has 0 fully saturated rings. The average molecular weight is 211 g/mol. The number of benzene rings is 1. The van der Waals surface area contributed by atoms with Crippen LogP contribution in [0, 0.1) is 31.5 Å². The molecule has 2 heteroatoms. The van der Waals surface area contributed by atoms with E-state index in [4.69, 9.17) is 11.6 Å². The van der Waals surface area contributed by atoms with Crippen LogP contribution in [0.1, 0.15) is 23.1 Å². The Kier molecular flexibility index (Phi) is 3.98. The van der Waals surface area contributed by atoms with Crippen molar-refractivity contribution >= 4 is 11.6 Å². The highest BCUT2D eigenvalue weighted by molar-refractivity contribution is 6.18. The maximum absolute atomic E-state index is 12.9. The number of rotatable bonds is 1. The molecule has 74 valence electrons. The fourth-order valence-electron chi connectivity index (χ4n) is 1.31. The van der Waals surface area contributed by atoms with Gasteiger partial charge in [0.1, 0.15) is 5.82 Å². The lowest BCUT2D eigenvalue weighted by Crippen LogP contribution is -1.90. The maximum Gasteiger partial charge on any atom is 0.123 e. The molecule has 0 saturated carbocycles. The van der Waals surface area contributed by atoms with E-state index in [2.05, 4.69) is 11.8 Å². The summed E-state index contributed by atoms with van der Waals surface area (Å²) < 4.78 is 12.9. The highest BCUT2D eigenvalue weighted by Crippen LogP contribution is 2.14. The monoisotopic (exact) mass is 210 g/mol. The van der Waals surface area contributed by atoms with Gasteiger partial charge in [-0.05, 0) is 37.1 Å². The van der Waals surface area contributed by atoms with Gasteiger partial charge in [0.2, 0.25) is 0 Å². The molecule has 0 aromatic heterocycles. The summed E-state index contributed by atoms with van der Waals surface area (Å²) in [6, 6.07) is 3.00. The van der Waals surface area contributed by atoms with Crippen LogP contribution in [-0.4, -0.2) is 5.88 Å². The molecular formula is C12H12ClF. The van der Waals surface area contributed by atoms with Crippen LogP contribution in [0.4, 0.5) is 4.39 Å². The third-order valence-electron chi connectivity index (χ3n) is 1.93. The molecule has 0 atom stereocenters. The second kappa shape index (κ2) is 5.02. The number of alkyl halides is 1. The predicted molar refractivity (Wildman–Crippen MR) is 58.1 cm³/mol. The Hall–Kier alpha value is -1.00. The molecule has 0 bridgehead atoms. The van der Waals surface area contributed by atoms with Gasteiger partial charge in [-0.25, -0.2) is 4.39 Å². The van der Waals surface area contributed by atoms with Crippen molar-refractivity contribution in [3.8, 4) is 11.8 Å². The van der Waals surface area contributed by atoms with E-state index in [1.165, 1.54) is 12.1 Å². The van der Waals surface area contributed by atoms with Gasteiger partial charge in [-0.2, -0.15) is 0 Å². The van der Waals surface area contributed by atoms with Crippen LogP contribution in [0.15, 0.2) is 12.1 Å². The fourth-order valence-corrected chi connectivity index (χ4v) is 1.40. The highest BCUT2D eigenvalue weighted by atomic mass is 35.5. The van der Waals surface area contributed by atoms with Crippen LogP contribution < -0.4 is 0 Å². The molecular weight excluding hydrogens is 199 g/mol. The maximum atomic E-state index is 12.9. The van der Waals surface area contributed by atoms with Gasteiger partial charge in [-0.3, -0.25) is 0 Å². The van der Waals surface area contributed by atoms with Crippen molar-refractivity contribution < 1.29 is 4.39 Å². The Morgan fingerprint density at radius 1 is 1.29 bits per heavy atom. The average Bonchev–Trinajstić information content (AvgIpc) is 2.09. The summed E-state index contributed by atoms with van der Waals surface area (Å²) in [5.74, 6) is 6.28. The lowest BCUT2D eigenvalue weighted by atomic mass is 10.0. The molecule has 0 aliphatic rings. The van der Waals surface area contributed by atoms with Crippen molar-refractivity contribution in [1.29, 1.82) is 0 Å².